The van der Waals surface area contributed by atoms with Gasteiger partial charge in [0.05, 0.1) is 11.1 Å². The highest BCUT2D eigenvalue weighted by Crippen LogP contribution is 2.15. The second-order valence-electron chi connectivity index (χ2n) is 4.27. The third-order valence-electron chi connectivity index (χ3n) is 2.82. The highest BCUT2D eigenvalue weighted by atomic mass is 16.3. The van der Waals surface area contributed by atoms with E-state index in [2.05, 4.69) is 10.3 Å². The van der Waals surface area contributed by atoms with E-state index in [1.807, 2.05) is 31.2 Å². The number of pyridine rings is 1. The first-order valence-corrected chi connectivity index (χ1v) is 5.98. The third-order valence-corrected chi connectivity index (χ3v) is 2.82. The van der Waals surface area contributed by atoms with Gasteiger partial charge in [-0.05, 0) is 25.5 Å². The van der Waals surface area contributed by atoms with E-state index in [0.29, 0.717) is 17.5 Å². The molecule has 2 aromatic rings. The standard InChI is InChI=1S/C14H16N2O2/c1-10(7-9-17)16-14(18)12-6-2-4-11-5-3-8-15-13(11)12/h2-6,8,10,17H,7,9H2,1H3,(H,16,18). The average Bonchev–Trinajstić information content (AvgIpc) is 2.38. The number of aliphatic hydroxyl groups is 1. The first kappa shape index (κ1) is 12.5. The summed E-state index contributed by atoms with van der Waals surface area (Å²) in [6.07, 6.45) is 2.22. The fourth-order valence-corrected chi connectivity index (χ4v) is 1.85. The van der Waals surface area contributed by atoms with Crippen molar-refractivity contribution in [1.29, 1.82) is 0 Å². The Balaban J connectivity index is 2.28. The SMILES string of the molecule is CC(CCO)NC(=O)c1cccc2cccnc12. The molecular formula is C14H16N2O2. The molecular weight excluding hydrogens is 228 g/mol. The predicted octanol–water partition coefficient (Wildman–Crippen LogP) is 1.74. The molecule has 0 aliphatic rings. The van der Waals surface area contributed by atoms with Crippen LogP contribution in [0.1, 0.15) is 23.7 Å². The van der Waals surface area contributed by atoms with E-state index < -0.39 is 0 Å². The number of amides is 1. The summed E-state index contributed by atoms with van der Waals surface area (Å²) in [5.41, 5.74) is 1.27. The van der Waals surface area contributed by atoms with Gasteiger partial charge in [0, 0.05) is 24.2 Å². The van der Waals surface area contributed by atoms with Crippen LogP contribution in [-0.2, 0) is 0 Å². The van der Waals surface area contributed by atoms with Crippen LogP contribution in [0.4, 0.5) is 0 Å². The molecule has 0 saturated carbocycles. The minimum absolute atomic E-state index is 0.0542. The van der Waals surface area contributed by atoms with Gasteiger partial charge in [-0.15, -0.1) is 0 Å². The lowest BCUT2D eigenvalue weighted by Gasteiger charge is -2.13. The molecule has 18 heavy (non-hydrogen) atoms. The van der Waals surface area contributed by atoms with E-state index in [1.54, 1.807) is 12.3 Å². The van der Waals surface area contributed by atoms with Crippen molar-refractivity contribution in [3.63, 3.8) is 0 Å². The highest BCUT2D eigenvalue weighted by molar-refractivity contribution is 6.05. The van der Waals surface area contributed by atoms with Crippen LogP contribution in [0.5, 0.6) is 0 Å². The molecule has 0 bridgehead atoms. The zero-order valence-corrected chi connectivity index (χ0v) is 10.3. The Morgan fingerprint density at radius 1 is 1.39 bits per heavy atom. The van der Waals surface area contributed by atoms with Crippen LogP contribution in [0.3, 0.4) is 0 Å². The summed E-state index contributed by atoms with van der Waals surface area (Å²) in [6.45, 7) is 1.93. The van der Waals surface area contributed by atoms with Gasteiger partial charge >= 0.3 is 0 Å². The number of hydrogen-bond donors (Lipinski definition) is 2. The van der Waals surface area contributed by atoms with E-state index in [9.17, 15) is 4.79 Å². The Labute approximate surface area is 106 Å². The first-order valence-electron chi connectivity index (χ1n) is 5.98. The number of para-hydroxylation sites is 1. The number of carbonyl (C=O) groups is 1. The largest absolute Gasteiger partial charge is 0.396 e. The monoisotopic (exact) mass is 244 g/mol. The van der Waals surface area contributed by atoms with Gasteiger partial charge in [0.1, 0.15) is 0 Å². The van der Waals surface area contributed by atoms with Crippen LogP contribution in [0.2, 0.25) is 0 Å². The normalized spacial score (nSPS) is 12.3. The highest BCUT2D eigenvalue weighted by Gasteiger charge is 2.12. The summed E-state index contributed by atoms with van der Waals surface area (Å²) in [4.78, 5) is 16.4. The second-order valence-corrected chi connectivity index (χ2v) is 4.27. The zero-order valence-electron chi connectivity index (χ0n) is 10.3. The van der Waals surface area contributed by atoms with Crippen LogP contribution >= 0.6 is 0 Å². The molecule has 1 atom stereocenters. The summed E-state index contributed by atoms with van der Waals surface area (Å²) < 4.78 is 0. The van der Waals surface area contributed by atoms with Crippen LogP contribution < -0.4 is 5.32 Å². The van der Waals surface area contributed by atoms with Crippen molar-refractivity contribution in [2.45, 2.75) is 19.4 Å². The predicted molar refractivity (Wildman–Crippen MR) is 70.4 cm³/mol. The van der Waals surface area contributed by atoms with E-state index in [0.717, 1.165) is 5.39 Å². The third kappa shape index (κ3) is 2.65. The number of rotatable bonds is 4. The maximum Gasteiger partial charge on any atom is 0.253 e. The summed E-state index contributed by atoms with van der Waals surface area (Å²) in [5, 5.41) is 12.6. The Morgan fingerprint density at radius 2 is 2.17 bits per heavy atom. The second kappa shape index (κ2) is 5.60. The molecule has 1 amide bonds. The van der Waals surface area contributed by atoms with Crippen molar-refractivity contribution in [2.75, 3.05) is 6.61 Å². The van der Waals surface area contributed by atoms with Crippen molar-refractivity contribution >= 4 is 16.8 Å². The number of fused-ring (bicyclic) bond motifs is 1. The molecule has 94 valence electrons. The zero-order chi connectivity index (χ0) is 13.0. The van der Waals surface area contributed by atoms with Crippen LogP contribution in [0, 0.1) is 0 Å². The smallest absolute Gasteiger partial charge is 0.253 e. The molecule has 0 aliphatic carbocycles. The number of hydrogen-bond acceptors (Lipinski definition) is 3. The van der Waals surface area contributed by atoms with E-state index in [4.69, 9.17) is 5.11 Å². The van der Waals surface area contributed by atoms with Gasteiger partial charge in [-0.1, -0.05) is 18.2 Å². The molecule has 4 nitrogen and oxygen atoms in total. The number of nitrogens with zero attached hydrogens (tertiary/aromatic N) is 1. The Bertz CT molecular complexity index is 549. The molecule has 0 radical (unpaired) electrons. The molecule has 4 heteroatoms. The molecule has 1 heterocycles. The summed E-state index contributed by atoms with van der Waals surface area (Å²) in [6, 6.07) is 9.25. The average molecular weight is 244 g/mol. The summed E-state index contributed by atoms with van der Waals surface area (Å²) >= 11 is 0. The fraction of sp³-hybridized carbons (Fsp3) is 0.286. The number of nitrogens with one attached hydrogen (secondary N) is 1. The lowest BCUT2D eigenvalue weighted by atomic mass is 10.1. The van der Waals surface area contributed by atoms with Gasteiger partial charge in [0.25, 0.3) is 5.91 Å². The van der Waals surface area contributed by atoms with Crippen LogP contribution in [0.15, 0.2) is 36.5 Å². The van der Waals surface area contributed by atoms with Gasteiger partial charge in [-0.3, -0.25) is 9.78 Å². The number of aliphatic hydroxyl groups excluding tert-OH is 1. The van der Waals surface area contributed by atoms with Crippen molar-refractivity contribution in [2.24, 2.45) is 0 Å². The molecule has 1 aromatic carbocycles. The van der Waals surface area contributed by atoms with E-state index in [1.165, 1.54) is 0 Å². The van der Waals surface area contributed by atoms with Crippen molar-refractivity contribution in [3.05, 3.63) is 42.1 Å². The minimum Gasteiger partial charge on any atom is -0.396 e. The molecule has 0 aliphatic heterocycles. The van der Waals surface area contributed by atoms with Crippen molar-refractivity contribution in [1.82, 2.24) is 10.3 Å². The maximum atomic E-state index is 12.1. The van der Waals surface area contributed by atoms with Gasteiger partial charge in [0.2, 0.25) is 0 Å². The Morgan fingerprint density at radius 3 is 2.94 bits per heavy atom. The lowest BCUT2D eigenvalue weighted by Crippen LogP contribution is -2.33. The molecule has 0 spiro atoms. The van der Waals surface area contributed by atoms with Gasteiger partial charge in [-0.2, -0.15) is 0 Å². The number of carbonyl (C=O) groups excluding carboxylic acids is 1. The van der Waals surface area contributed by atoms with Crippen molar-refractivity contribution in [3.8, 4) is 0 Å². The first-order chi connectivity index (χ1) is 8.72. The Hall–Kier alpha value is -1.94. The van der Waals surface area contributed by atoms with Gasteiger partial charge < -0.3 is 10.4 Å². The van der Waals surface area contributed by atoms with E-state index >= 15 is 0 Å². The molecule has 1 aromatic heterocycles. The molecule has 2 N–H and O–H groups in total. The number of benzene rings is 1. The maximum absolute atomic E-state index is 12.1. The lowest BCUT2D eigenvalue weighted by molar-refractivity contribution is 0.0936. The van der Waals surface area contributed by atoms with Crippen molar-refractivity contribution < 1.29 is 9.90 Å². The van der Waals surface area contributed by atoms with Crippen LogP contribution in [-0.4, -0.2) is 28.6 Å². The van der Waals surface area contributed by atoms with E-state index in [-0.39, 0.29) is 18.6 Å². The summed E-state index contributed by atoms with van der Waals surface area (Å²) in [7, 11) is 0. The molecule has 0 saturated heterocycles. The minimum atomic E-state index is -0.153. The number of aromatic nitrogens is 1. The molecule has 1 unspecified atom stereocenters. The quantitative estimate of drug-likeness (QED) is 0.861. The van der Waals surface area contributed by atoms with Gasteiger partial charge in [-0.25, -0.2) is 0 Å². The fourth-order valence-electron chi connectivity index (χ4n) is 1.85. The molecule has 0 fully saturated rings. The Kier molecular flexibility index (Phi) is 3.89. The van der Waals surface area contributed by atoms with Gasteiger partial charge in [0.15, 0.2) is 0 Å². The summed E-state index contributed by atoms with van der Waals surface area (Å²) in [5.74, 6) is -0.153. The molecule has 2 rings (SSSR count). The van der Waals surface area contributed by atoms with Crippen LogP contribution in [0.25, 0.3) is 10.9 Å². The topological polar surface area (TPSA) is 62.2 Å².